The number of carbonyl (C=O) groups is 3. The second kappa shape index (κ2) is 7.28. The van der Waals surface area contributed by atoms with Crippen molar-refractivity contribution in [2.45, 2.75) is 13.5 Å². The molecule has 0 unspecified atom stereocenters. The fourth-order valence-corrected chi connectivity index (χ4v) is 1.32. The SMILES string of the molecule is CC(=O)NCc1ccc(C(=O)OCC(=O)N(C)C)cc1. The van der Waals surface area contributed by atoms with Crippen molar-refractivity contribution in [1.29, 1.82) is 0 Å². The Morgan fingerprint density at radius 1 is 1.15 bits per heavy atom. The van der Waals surface area contributed by atoms with Gasteiger partial charge in [0.05, 0.1) is 5.56 Å². The molecule has 0 aliphatic carbocycles. The van der Waals surface area contributed by atoms with Crippen molar-refractivity contribution in [3.63, 3.8) is 0 Å². The Morgan fingerprint density at radius 3 is 2.25 bits per heavy atom. The zero-order valence-corrected chi connectivity index (χ0v) is 11.8. The molecule has 0 bridgehead atoms. The maximum Gasteiger partial charge on any atom is 0.338 e. The number of carbonyl (C=O) groups excluding carboxylic acids is 3. The number of rotatable bonds is 5. The van der Waals surface area contributed by atoms with Crippen LogP contribution >= 0.6 is 0 Å². The van der Waals surface area contributed by atoms with E-state index in [1.54, 1.807) is 38.4 Å². The van der Waals surface area contributed by atoms with Crippen LogP contribution in [0.2, 0.25) is 0 Å². The van der Waals surface area contributed by atoms with Crippen LogP contribution in [-0.2, 0) is 20.9 Å². The Labute approximate surface area is 117 Å². The number of hydrogen-bond donors (Lipinski definition) is 1. The number of hydrogen-bond acceptors (Lipinski definition) is 4. The summed E-state index contributed by atoms with van der Waals surface area (Å²) in [5, 5.41) is 2.66. The highest BCUT2D eigenvalue weighted by molar-refractivity contribution is 5.91. The maximum atomic E-state index is 11.7. The minimum Gasteiger partial charge on any atom is -0.452 e. The van der Waals surface area contributed by atoms with Crippen LogP contribution < -0.4 is 5.32 Å². The van der Waals surface area contributed by atoms with Crippen molar-refractivity contribution in [2.75, 3.05) is 20.7 Å². The standard InChI is InChI=1S/C14H18N2O4/c1-10(17)15-8-11-4-6-12(7-5-11)14(19)20-9-13(18)16(2)3/h4-7H,8-9H2,1-3H3,(H,15,17). The van der Waals surface area contributed by atoms with E-state index in [4.69, 9.17) is 4.74 Å². The molecule has 0 saturated carbocycles. The van der Waals surface area contributed by atoms with Crippen LogP contribution in [0.5, 0.6) is 0 Å². The van der Waals surface area contributed by atoms with Gasteiger partial charge in [0.15, 0.2) is 6.61 Å². The van der Waals surface area contributed by atoms with Gasteiger partial charge >= 0.3 is 5.97 Å². The highest BCUT2D eigenvalue weighted by Gasteiger charge is 2.11. The van der Waals surface area contributed by atoms with Crippen LogP contribution in [0, 0.1) is 0 Å². The summed E-state index contributed by atoms with van der Waals surface area (Å²) < 4.78 is 4.89. The molecule has 0 aliphatic heterocycles. The maximum absolute atomic E-state index is 11.7. The Hall–Kier alpha value is -2.37. The number of nitrogens with zero attached hydrogens (tertiary/aromatic N) is 1. The zero-order valence-electron chi connectivity index (χ0n) is 11.8. The third-order valence-electron chi connectivity index (χ3n) is 2.56. The van der Waals surface area contributed by atoms with E-state index in [0.717, 1.165) is 5.56 Å². The van der Waals surface area contributed by atoms with E-state index >= 15 is 0 Å². The van der Waals surface area contributed by atoms with Gasteiger partial charge in [-0.3, -0.25) is 9.59 Å². The lowest BCUT2D eigenvalue weighted by atomic mass is 10.1. The van der Waals surface area contributed by atoms with E-state index in [2.05, 4.69) is 5.32 Å². The average Bonchev–Trinajstić information content (AvgIpc) is 2.42. The second-order valence-corrected chi connectivity index (χ2v) is 4.47. The molecule has 2 amide bonds. The molecule has 1 rings (SSSR count). The van der Waals surface area contributed by atoms with Gasteiger partial charge in [-0.15, -0.1) is 0 Å². The van der Waals surface area contributed by atoms with E-state index in [-0.39, 0.29) is 18.4 Å². The summed E-state index contributed by atoms with van der Waals surface area (Å²) in [6, 6.07) is 6.64. The summed E-state index contributed by atoms with van der Waals surface area (Å²) in [4.78, 5) is 35.1. The lowest BCUT2D eigenvalue weighted by Crippen LogP contribution is -2.27. The molecule has 6 nitrogen and oxygen atoms in total. The predicted molar refractivity (Wildman–Crippen MR) is 72.9 cm³/mol. The van der Waals surface area contributed by atoms with E-state index in [1.165, 1.54) is 11.8 Å². The number of ether oxygens (including phenoxy) is 1. The van der Waals surface area contributed by atoms with Crippen molar-refractivity contribution in [3.05, 3.63) is 35.4 Å². The van der Waals surface area contributed by atoms with Crippen LogP contribution in [0.25, 0.3) is 0 Å². The first kappa shape index (κ1) is 15.7. The molecule has 108 valence electrons. The molecule has 0 aromatic heterocycles. The zero-order chi connectivity index (χ0) is 15.1. The molecule has 20 heavy (non-hydrogen) atoms. The van der Waals surface area contributed by atoms with Gasteiger partial charge in [0.1, 0.15) is 0 Å². The van der Waals surface area contributed by atoms with Crippen molar-refractivity contribution in [3.8, 4) is 0 Å². The molecule has 6 heteroatoms. The molecule has 0 heterocycles. The first-order valence-corrected chi connectivity index (χ1v) is 6.11. The fraction of sp³-hybridized carbons (Fsp3) is 0.357. The summed E-state index contributed by atoms with van der Waals surface area (Å²) in [5.41, 5.74) is 1.24. The van der Waals surface area contributed by atoms with Gasteiger partial charge < -0.3 is 15.0 Å². The summed E-state index contributed by atoms with van der Waals surface area (Å²) in [7, 11) is 3.18. The fourth-order valence-electron chi connectivity index (χ4n) is 1.32. The summed E-state index contributed by atoms with van der Waals surface area (Å²) in [6.07, 6.45) is 0. The van der Waals surface area contributed by atoms with Gasteiger partial charge in [0.25, 0.3) is 5.91 Å². The van der Waals surface area contributed by atoms with E-state index < -0.39 is 5.97 Å². The monoisotopic (exact) mass is 278 g/mol. The Bertz CT molecular complexity index is 494. The molecular formula is C14H18N2O4. The third-order valence-corrected chi connectivity index (χ3v) is 2.56. The Kier molecular flexibility index (Phi) is 5.71. The van der Waals surface area contributed by atoms with Gasteiger partial charge in [-0.05, 0) is 17.7 Å². The molecular weight excluding hydrogens is 260 g/mol. The predicted octanol–water partition coefficient (Wildman–Crippen LogP) is 0.568. The lowest BCUT2D eigenvalue weighted by molar-refractivity contribution is -0.132. The van der Waals surface area contributed by atoms with Crippen LogP contribution in [0.1, 0.15) is 22.8 Å². The number of amides is 2. The van der Waals surface area contributed by atoms with Crippen LogP contribution in [0.3, 0.4) is 0 Å². The summed E-state index contributed by atoms with van der Waals surface area (Å²) >= 11 is 0. The molecule has 0 radical (unpaired) electrons. The van der Waals surface area contributed by atoms with Gasteiger partial charge in [-0.1, -0.05) is 12.1 Å². The molecule has 0 aliphatic rings. The second-order valence-electron chi connectivity index (χ2n) is 4.47. The summed E-state index contributed by atoms with van der Waals surface area (Å²) in [6.45, 7) is 1.57. The van der Waals surface area contributed by atoms with Gasteiger partial charge in [-0.2, -0.15) is 0 Å². The average molecular weight is 278 g/mol. The first-order chi connectivity index (χ1) is 9.40. The molecule has 1 aromatic rings. The van der Waals surface area contributed by atoms with Crippen molar-refractivity contribution in [2.24, 2.45) is 0 Å². The number of esters is 1. The normalized spacial score (nSPS) is 9.75. The first-order valence-electron chi connectivity index (χ1n) is 6.11. The molecule has 0 fully saturated rings. The minimum atomic E-state index is -0.550. The van der Waals surface area contributed by atoms with Gasteiger partial charge in [0.2, 0.25) is 5.91 Å². The van der Waals surface area contributed by atoms with Gasteiger partial charge in [0, 0.05) is 27.6 Å². The largest absolute Gasteiger partial charge is 0.452 e. The summed E-state index contributed by atoms with van der Waals surface area (Å²) in [5.74, 6) is -0.942. The molecule has 0 saturated heterocycles. The highest BCUT2D eigenvalue weighted by atomic mass is 16.5. The minimum absolute atomic E-state index is 0.115. The molecule has 1 aromatic carbocycles. The quantitative estimate of drug-likeness (QED) is 0.799. The third kappa shape index (κ3) is 5.09. The Balaban J connectivity index is 2.53. The van der Waals surface area contributed by atoms with Crippen LogP contribution in [-0.4, -0.2) is 43.4 Å². The smallest absolute Gasteiger partial charge is 0.338 e. The Morgan fingerprint density at radius 2 is 1.75 bits per heavy atom. The van der Waals surface area contributed by atoms with E-state index in [0.29, 0.717) is 12.1 Å². The molecule has 0 atom stereocenters. The molecule has 1 N–H and O–H groups in total. The topological polar surface area (TPSA) is 75.7 Å². The number of nitrogens with one attached hydrogen (secondary N) is 1. The van der Waals surface area contributed by atoms with Crippen molar-refractivity contribution in [1.82, 2.24) is 10.2 Å². The van der Waals surface area contributed by atoms with Crippen molar-refractivity contribution < 1.29 is 19.1 Å². The van der Waals surface area contributed by atoms with Crippen molar-refractivity contribution >= 4 is 17.8 Å². The molecule has 0 spiro atoms. The van der Waals surface area contributed by atoms with Crippen LogP contribution in [0.4, 0.5) is 0 Å². The number of benzene rings is 1. The number of likely N-dealkylation sites (N-methyl/N-ethyl adjacent to an activating group) is 1. The lowest BCUT2D eigenvalue weighted by Gasteiger charge is -2.10. The van der Waals surface area contributed by atoms with Crippen LogP contribution in [0.15, 0.2) is 24.3 Å². The van der Waals surface area contributed by atoms with E-state index in [9.17, 15) is 14.4 Å². The highest BCUT2D eigenvalue weighted by Crippen LogP contribution is 2.06. The van der Waals surface area contributed by atoms with Gasteiger partial charge in [-0.25, -0.2) is 4.79 Å². The van der Waals surface area contributed by atoms with E-state index in [1.807, 2.05) is 0 Å².